The first kappa shape index (κ1) is 13.3. The lowest BCUT2D eigenvalue weighted by Gasteiger charge is -2.11. The first-order valence-electron chi connectivity index (χ1n) is 5.26. The van der Waals surface area contributed by atoms with E-state index in [2.05, 4.69) is 0 Å². The highest BCUT2D eigenvalue weighted by Crippen LogP contribution is 2.25. The average molecular weight is 240 g/mol. The predicted molar refractivity (Wildman–Crippen MR) is 61.5 cm³/mol. The fourth-order valence-corrected chi connectivity index (χ4v) is 1.32. The van der Waals surface area contributed by atoms with Gasteiger partial charge in [0.2, 0.25) is 0 Å². The second kappa shape index (κ2) is 6.75. The summed E-state index contributed by atoms with van der Waals surface area (Å²) in [7, 11) is 1.58. The standard InChI is InChI=1S/C12H16O5/c1-3-17-11-6-10(15-2)5-4-9(11)7-16-8-12(13)14/h4-6H,3,7-8H2,1-2H3,(H,13,14). The predicted octanol–water partition coefficient (Wildman–Crippen LogP) is 1.70. The molecule has 0 radical (unpaired) electrons. The number of aliphatic carboxylic acids is 1. The SMILES string of the molecule is CCOc1cc(OC)ccc1COCC(=O)O. The van der Waals surface area contributed by atoms with E-state index in [1.165, 1.54) is 0 Å². The molecule has 0 aliphatic heterocycles. The highest BCUT2D eigenvalue weighted by Gasteiger charge is 2.06. The Balaban J connectivity index is 2.71. The van der Waals surface area contributed by atoms with Crippen molar-refractivity contribution in [1.29, 1.82) is 0 Å². The molecule has 5 heteroatoms. The van der Waals surface area contributed by atoms with Crippen molar-refractivity contribution >= 4 is 5.97 Å². The molecule has 0 aliphatic rings. The summed E-state index contributed by atoms with van der Waals surface area (Å²) in [5.74, 6) is 0.351. The van der Waals surface area contributed by atoms with Crippen molar-refractivity contribution in [3.8, 4) is 11.5 Å². The number of benzene rings is 1. The fraction of sp³-hybridized carbons (Fsp3) is 0.417. The van der Waals surface area contributed by atoms with Gasteiger partial charge in [-0.05, 0) is 19.1 Å². The van der Waals surface area contributed by atoms with Crippen molar-refractivity contribution in [3.05, 3.63) is 23.8 Å². The molecule has 0 unspecified atom stereocenters. The van der Waals surface area contributed by atoms with E-state index < -0.39 is 5.97 Å². The molecule has 0 atom stereocenters. The van der Waals surface area contributed by atoms with Crippen LogP contribution in [0.2, 0.25) is 0 Å². The van der Waals surface area contributed by atoms with Crippen LogP contribution >= 0.6 is 0 Å². The van der Waals surface area contributed by atoms with Gasteiger partial charge in [-0.2, -0.15) is 0 Å². The second-order valence-electron chi connectivity index (χ2n) is 3.29. The third-order valence-corrected chi connectivity index (χ3v) is 2.06. The summed E-state index contributed by atoms with van der Waals surface area (Å²) in [6.07, 6.45) is 0. The van der Waals surface area contributed by atoms with Crippen molar-refractivity contribution in [2.75, 3.05) is 20.3 Å². The summed E-state index contributed by atoms with van der Waals surface area (Å²) >= 11 is 0. The molecular formula is C12H16O5. The molecule has 0 heterocycles. The number of hydrogen-bond acceptors (Lipinski definition) is 4. The fourth-order valence-electron chi connectivity index (χ4n) is 1.32. The molecule has 0 aliphatic carbocycles. The molecule has 94 valence electrons. The Bertz CT molecular complexity index is 375. The number of methoxy groups -OCH3 is 1. The topological polar surface area (TPSA) is 65.0 Å². The first-order valence-corrected chi connectivity index (χ1v) is 5.26. The monoisotopic (exact) mass is 240 g/mol. The van der Waals surface area contributed by atoms with Gasteiger partial charge in [-0.1, -0.05) is 0 Å². The molecule has 0 bridgehead atoms. The molecule has 1 aromatic rings. The minimum atomic E-state index is -0.989. The zero-order valence-electron chi connectivity index (χ0n) is 9.93. The van der Waals surface area contributed by atoms with Gasteiger partial charge in [-0.3, -0.25) is 0 Å². The molecule has 0 fully saturated rings. The van der Waals surface area contributed by atoms with Crippen molar-refractivity contribution in [2.45, 2.75) is 13.5 Å². The minimum absolute atomic E-state index is 0.200. The van der Waals surface area contributed by atoms with E-state index in [0.717, 1.165) is 5.56 Å². The maximum Gasteiger partial charge on any atom is 0.329 e. The van der Waals surface area contributed by atoms with Gasteiger partial charge in [0, 0.05) is 11.6 Å². The van der Waals surface area contributed by atoms with Gasteiger partial charge >= 0.3 is 5.97 Å². The number of rotatable bonds is 7. The van der Waals surface area contributed by atoms with Crippen LogP contribution in [0, 0.1) is 0 Å². The molecule has 0 aromatic heterocycles. The zero-order valence-corrected chi connectivity index (χ0v) is 9.93. The molecule has 1 rings (SSSR count). The van der Waals surface area contributed by atoms with Crippen LogP contribution in [0.4, 0.5) is 0 Å². The number of carboxylic acid groups (broad SMARTS) is 1. The van der Waals surface area contributed by atoms with Crippen LogP contribution in [-0.4, -0.2) is 31.4 Å². The highest BCUT2D eigenvalue weighted by atomic mass is 16.5. The Morgan fingerprint density at radius 2 is 2.18 bits per heavy atom. The maximum atomic E-state index is 10.3. The van der Waals surface area contributed by atoms with Crippen LogP contribution in [0.15, 0.2) is 18.2 Å². The zero-order chi connectivity index (χ0) is 12.7. The number of carboxylic acids is 1. The Kier molecular flexibility index (Phi) is 5.29. The average Bonchev–Trinajstić information content (AvgIpc) is 2.31. The van der Waals surface area contributed by atoms with E-state index >= 15 is 0 Å². The van der Waals surface area contributed by atoms with E-state index in [-0.39, 0.29) is 13.2 Å². The Morgan fingerprint density at radius 1 is 1.41 bits per heavy atom. The van der Waals surface area contributed by atoms with Gasteiger partial charge in [0.05, 0.1) is 20.3 Å². The molecular weight excluding hydrogens is 224 g/mol. The summed E-state index contributed by atoms with van der Waals surface area (Å²) in [4.78, 5) is 10.3. The Hall–Kier alpha value is -1.75. The summed E-state index contributed by atoms with van der Waals surface area (Å²) in [6.45, 7) is 2.28. The number of carbonyl (C=O) groups is 1. The van der Waals surface area contributed by atoms with Crippen LogP contribution in [0.5, 0.6) is 11.5 Å². The van der Waals surface area contributed by atoms with Crippen LogP contribution < -0.4 is 9.47 Å². The van der Waals surface area contributed by atoms with Crippen LogP contribution in [0.3, 0.4) is 0 Å². The second-order valence-corrected chi connectivity index (χ2v) is 3.29. The number of ether oxygens (including phenoxy) is 3. The van der Waals surface area contributed by atoms with Gasteiger partial charge in [0.1, 0.15) is 18.1 Å². The van der Waals surface area contributed by atoms with Gasteiger partial charge in [-0.15, -0.1) is 0 Å². The van der Waals surface area contributed by atoms with Gasteiger partial charge < -0.3 is 19.3 Å². The Morgan fingerprint density at radius 3 is 2.76 bits per heavy atom. The van der Waals surface area contributed by atoms with Gasteiger partial charge in [-0.25, -0.2) is 4.79 Å². The lowest BCUT2D eigenvalue weighted by atomic mass is 10.2. The maximum absolute atomic E-state index is 10.3. The molecule has 0 saturated carbocycles. The first-order chi connectivity index (χ1) is 8.17. The molecule has 1 N–H and O–H groups in total. The van der Waals surface area contributed by atoms with E-state index in [1.54, 1.807) is 25.3 Å². The molecule has 0 saturated heterocycles. The van der Waals surface area contributed by atoms with Crippen molar-refractivity contribution < 1.29 is 24.1 Å². The molecule has 17 heavy (non-hydrogen) atoms. The van der Waals surface area contributed by atoms with Crippen LogP contribution in [0.1, 0.15) is 12.5 Å². The smallest absolute Gasteiger partial charge is 0.329 e. The molecule has 5 nitrogen and oxygen atoms in total. The summed E-state index contributed by atoms with van der Waals surface area (Å²) < 4.78 is 15.5. The molecule has 0 spiro atoms. The van der Waals surface area contributed by atoms with E-state index in [9.17, 15) is 4.79 Å². The van der Waals surface area contributed by atoms with Crippen molar-refractivity contribution in [1.82, 2.24) is 0 Å². The lowest BCUT2D eigenvalue weighted by Crippen LogP contribution is -2.07. The highest BCUT2D eigenvalue weighted by molar-refractivity contribution is 5.68. The van der Waals surface area contributed by atoms with Gasteiger partial charge in [0.25, 0.3) is 0 Å². The summed E-state index contributed by atoms with van der Waals surface area (Å²) in [5, 5.41) is 8.47. The van der Waals surface area contributed by atoms with E-state index in [4.69, 9.17) is 19.3 Å². The van der Waals surface area contributed by atoms with Crippen LogP contribution in [0.25, 0.3) is 0 Å². The summed E-state index contributed by atoms with van der Waals surface area (Å²) in [6, 6.07) is 5.33. The molecule has 1 aromatic carbocycles. The van der Waals surface area contributed by atoms with Crippen molar-refractivity contribution in [3.63, 3.8) is 0 Å². The van der Waals surface area contributed by atoms with Crippen molar-refractivity contribution in [2.24, 2.45) is 0 Å². The third kappa shape index (κ3) is 4.32. The Labute approximate surface area is 99.9 Å². The molecule has 0 amide bonds. The quantitative estimate of drug-likeness (QED) is 0.785. The summed E-state index contributed by atoms with van der Waals surface area (Å²) in [5.41, 5.74) is 0.800. The van der Waals surface area contributed by atoms with Gasteiger partial charge in [0.15, 0.2) is 0 Å². The lowest BCUT2D eigenvalue weighted by molar-refractivity contribution is -0.142. The normalized spacial score (nSPS) is 10.0. The largest absolute Gasteiger partial charge is 0.497 e. The van der Waals surface area contributed by atoms with E-state index in [1.807, 2.05) is 6.92 Å². The minimum Gasteiger partial charge on any atom is -0.497 e. The van der Waals surface area contributed by atoms with E-state index in [0.29, 0.717) is 18.1 Å². The third-order valence-electron chi connectivity index (χ3n) is 2.06. The number of hydrogen-bond donors (Lipinski definition) is 1. The van der Waals surface area contributed by atoms with Crippen LogP contribution in [-0.2, 0) is 16.1 Å².